The number of fused-ring (bicyclic) bond motifs is 6. The molecule has 0 N–H and O–H groups in total. The van der Waals surface area contributed by atoms with Crippen LogP contribution in [0.25, 0.3) is 55.0 Å². The molecule has 0 bridgehead atoms. The van der Waals surface area contributed by atoms with Gasteiger partial charge in [-0.05, 0) is 36.4 Å². The molecule has 0 saturated carbocycles. The standard InChI is InChI=1S/2C12H8N2.C8H6N4.Ru/c2*1-3-9-5-6-10-4-2-8-14-12(10)11(9)13-7-1;1-2-4-9-7(3-1)8-5-11-12-6-10-8;/h2*1-8H;1-6H;. The van der Waals surface area contributed by atoms with Crippen LogP contribution in [-0.4, -0.2) is 40.1 Å². The van der Waals surface area contributed by atoms with Crippen LogP contribution in [0, 0.1) is 0 Å². The second-order valence-corrected chi connectivity index (χ2v) is 8.64. The minimum absolute atomic E-state index is 0. The quantitative estimate of drug-likeness (QED) is 0.152. The summed E-state index contributed by atoms with van der Waals surface area (Å²) < 4.78 is 0. The van der Waals surface area contributed by atoms with E-state index in [2.05, 4.69) is 88.6 Å². The zero-order valence-electron chi connectivity index (χ0n) is 21.6. The van der Waals surface area contributed by atoms with E-state index in [1.54, 1.807) is 37.2 Å². The fourth-order valence-corrected chi connectivity index (χ4v) is 4.25. The first kappa shape index (κ1) is 27.4. The number of nitrogens with zero attached hydrogens (tertiary/aromatic N) is 8. The van der Waals surface area contributed by atoms with Crippen molar-refractivity contribution in [3.8, 4) is 11.4 Å². The van der Waals surface area contributed by atoms with Crippen molar-refractivity contribution in [1.82, 2.24) is 40.1 Å². The van der Waals surface area contributed by atoms with Crippen LogP contribution < -0.4 is 0 Å². The Morgan fingerprint density at radius 1 is 0.341 bits per heavy atom. The molecule has 41 heavy (non-hydrogen) atoms. The monoisotopic (exact) mass is 620 g/mol. The average Bonchev–Trinajstić information content (AvgIpc) is 3.06. The van der Waals surface area contributed by atoms with Crippen molar-refractivity contribution < 1.29 is 19.5 Å². The van der Waals surface area contributed by atoms with Gasteiger partial charge in [-0.1, -0.05) is 54.6 Å². The van der Waals surface area contributed by atoms with Crippen LogP contribution in [0.5, 0.6) is 0 Å². The third-order valence-electron chi connectivity index (χ3n) is 6.11. The molecule has 0 amide bonds. The second-order valence-electron chi connectivity index (χ2n) is 8.64. The van der Waals surface area contributed by atoms with Crippen LogP contribution in [0.1, 0.15) is 0 Å². The van der Waals surface area contributed by atoms with Crippen molar-refractivity contribution in [3.63, 3.8) is 0 Å². The first-order valence-corrected chi connectivity index (χ1v) is 12.6. The molecule has 6 heterocycles. The molecule has 8 rings (SSSR count). The predicted octanol–water partition coefficient (Wildman–Crippen LogP) is 6.50. The third kappa shape index (κ3) is 6.37. The Hall–Kier alpha value is -5.14. The Morgan fingerprint density at radius 3 is 1.15 bits per heavy atom. The van der Waals surface area contributed by atoms with Crippen molar-refractivity contribution in [2.75, 3.05) is 0 Å². The van der Waals surface area contributed by atoms with Gasteiger partial charge in [0.2, 0.25) is 0 Å². The second kappa shape index (κ2) is 13.3. The molecule has 0 aliphatic heterocycles. The number of rotatable bonds is 1. The summed E-state index contributed by atoms with van der Waals surface area (Å²) in [5.74, 6) is 0. The smallest absolute Gasteiger partial charge is 0.138 e. The summed E-state index contributed by atoms with van der Waals surface area (Å²) >= 11 is 0. The van der Waals surface area contributed by atoms with Crippen molar-refractivity contribution in [2.24, 2.45) is 0 Å². The molecule has 9 heteroatoms. The summed E-state index contributed by atoms with van der Waals surface area (Å²) in [5.41, 5.74) is 5.46. The van der Waals surface area contributed by atoms with E-state index < -0.39 is 0 Å². The molecule has 8 nitrogen and oxygen atoms in total. The van der Waals surface area contributed by atoms with E-state index in [0.717, 1.165) is 55.0 Å². The average molecular weight is 620 g/mol. The van der Waals surface area contributed by atoms with Gasteiger partial charge in [0.1, 0.15) is 12.0 Å². The van der Waals surface area contributed by atoms with E-state index in [1.165, 1.54) is 6.33 Å². The summed E-state index contributed by atoms with van der Waals surface area (Å²) in [6, 6.07) is 29.9. The summed E-state index contributed by atoms with van der Waals surface area (Å²) in [6.07, 6.45) is 11.9. The van der Waals surface area contributed by atoms with Crippen LogP contribution in [0.4, 0.5) is 0 Å². The number of hydrogen-bond acceptors (Lipinski definition) is 8. The van der Waals surface area contributed by atoms with Crippen LogP contribution in [-0.2, 0) is 19.5 Å². The maximum Gasteiger partial charge on any atom is 0.138 e. The molecule has 2 aromatic carbocycles. The first-order chi connectivity index (χ1) is 19.9. The molecule has 6 aromatic heterocycles. The Morgan fingerprint density at radius 2 is 0.780 bits per heavy atom. The molecular formula is C32H22N8Ru. The molecule has 0 unspecified atom stereocenters. The van der Waals surface area contributed by atoms with Crippen LogP contribution >= 0.6 is 0 Å². The van der Waals surface area contributed by atoms with Crippen molar-refractivity contribution in [2.45, 2.75) is 0 Å². The molecule has 0 radical (unpaired) electrons. The van der Waals surface area contributed by atoms with Gasteiger partial charge in [-0.3, -0.25) is 24.9 Å². The van der Waals surface area contributed by atoms with E-state index in [1.807, 2.05) is 42.5 Å². The van der Waals surface area contributed by atoms with Crippen molar-refractivity contribution >= 4 is 43.6 Å². The van der Waals surface area contributed by atoms with E-state index in [-0.39, 0.29) is 19.5 Å². The normalized spacial score (nSPS) is 10.2. The number of benzene rings is 2. The van der Waals surface area contributed by atoms with E-state index in [0.29, 0.717) is 0 Å². The Balaban J connectivity index is 0.000000123. The predicted molar refractivity (Wildman–Crippen MR) is 157 cm³/mol. The number of pyridine rings is 5. The maximum absolute atomic E-state index is 4.35. The van der Waals surface area contributed by atoms with E-state index >= 15 is 0 Å². The van der Waals surface area contributed by atoms with Gasteiger partial charge in [0, 0.05) is 72.0 Å². The SMILES string of the molecule is [Ru].c1ccc(-c2cnncn2)nc1.c1cnc2c(c1)ccc1cccnc12.c1cnc2c(c1)ccc1cccnc12. The third-order valence-corrected chi connectivity index (χ3v) is 6.11. The van der Waals surface area contributed by atoms with Crippen LogP contribution in [0.3, 0.4) is 0 Å². The Bertz CT molecular complexity index is 1760. The molecular weight excluding hydrogens is 597 g/mol. The van der Waals surface area contributed by atoms with Gasteiger partial charge in [0.05, 0.1) is 34.0 Å². The summed E-state index contributed by atoms with van der Waals surface area (Å²) in [7, 11) is 0. The molecule has 0 spiro atoms. The zero-order valence-corrected chi connectivity index (χ0v) is 23.4. The molecule has 0 aliphatic carbocycles. The topological polar surface area (TPSA) is 103 Å². The fraction of sp³-hybridized carbons (Fsp3) is 0. The van der Waals surface area contributed by atoms with Gasteiger partial charge in [-0.2, -0.15) is 5.10 Å². The Kier molecular flexibility index (Phi) is 8.89. The summed E-state index contributed by atoms with van der Waals surface area (Å²) in [5, 5.41) is 11.8. The maximum atomic E-state index is 4.35. The number of aromatic nitrogens is 8. The Labute approximate surface area is 248 Å². The molecule has 0 aliphatic rings. The molecule has 0 atom stereocenters. The van der Waals surface area contributed by atoms with Gasteiger partial charge in [0.15, 0.2) is 0 Å². The molecule has 198 valence electrons. The zero-order chi connectivity index (χ0) is 27.0. The first-order valence-electron chi connectivity index (χ1n) is 12.6. The fourth-order valence-electron chi connectivity index (χ4n) is 4.25. The summed E-state index contributed by atoms with van der Waals surface area (Å²) in [6.45, 7) is 0. The largest absolute Gasteiger partial charge is 0.255 e. The van der Waals surface area contributed by atoms with Gasteiger partial charge in [0.25, 0.3) is 0 Å². The van der Waals surface area contributed by atoms with Gasteiger partial charge >= 0.3 is 0 Å². The van der Waals surface area contributed by atoms with Crippen molar-refractivity contribution in [1.29, 1.82) is 0 Å². The molecule has 0 fully saturated rings. The molecule has 8 aromatic rings. The van der Waals surface area contributed by atoms with Gasteiger partial charge in [-0.25, -0.2) is 4.98 Å². The van der Waals surface area contributed by atoms with Gasteiger partial charge in [-0.15, -0.1) is 5.10 Å². The van der Waals surface area contributed by atoms with Crippen molar-refractivity contribution in [3.05, 3.63) is 135 Å². The molecule has 0 saturated heterocycles. The van der Waals surface area contributed by atoms with E-state index in [9.17, 15) is 0 Å². The van der Waals surface area contributed by atoms with Gasteiger partial charge < -0.3 is 0 Å². The minimum Gasteiger partial charge on any atom is -0.255 e. The summed E-state index contributed by atoms with van der Waals surface area (Å²) in [4.78, 5) is 25.5. The minimum atomic E-state index is 0. The number of hydrogen-bond donors (Lipinski definition) is 0. The van der Waals surface area contributed by atoms with Crippen LogP contribution in [0.15, 0.2) is 135 Å². The van der Waals surface area contributed by atoms with Crippen LogP contribution in [0.2, 0.25) is 0 Å². The van der Waals surface area contributed by atoms with E-state index in [4.69, 9.17) is 0 Å².